The molecule has 2 nitrogen and oxygen atoms in total. The molecule has 0 aliphatic carbocycles. The summed E-state index contributed by atoms with van der Waals surface area (Å²) in [5, 5.41) is 0.338. The SMILES string of the molecule is FC(F)(F)c1ccccc1CCOc1c(Cl)cc(OCC=C(Cl)Cl)cc1Cl. The maximum absolute atomic E-state index is 13.0. The molecular weight excluding hydrogens is 447 g/mol. The smallest absolute Gasteiger partial charge is 0.416 e. The molecule has 0 N–H and O–H groups in total. The van der Waals surface area contributed by atoms with Crippen molar-refractivity contribution in [3.8, 4) is 11.5 Å². The van der Waals surface area contributed by atoms with Gasteiger partial charge in [-0.25, -0.2) is 0 Å². The van der Waals surface area contributed by atoms with Crippen LogP contribution >= 0.6 is 46.4 Å². The highest BCUT2D eigenvalue weighted by Crippen LogP contribution is 2.37. The lowest BCUT2D eigenvalue weighted by Crippen LogP contribution is -2.11. The second-order valence-electron chi connectivity index (χ2n) is 5.27. The molecule has 2 aromatic carbocycles. The second kappa shape index (κ2) is 9.78. The quantitative estimate of drug-likeness (QED) is 0.431. The fourth-order valence-corrected chi connectivity index (χ4v) is 2.94. The summed E-state index contributed by atoms with van der Waals surface area (Å²) < 4.78 is 49.9. The van der Waals surface area contributed by atoms with Gasteiger partial charge in [0, 0.05) is 18.6 Å². The van der Waals surface area contributed by atoms with E-state index >= 15 is 0 Å². The Hall–Kier alpha value is -1.27. The van der Waals surface area contributed by atoms with Gasteiger partial charge in [-0.1, -0.05) is 64.6 Å². The first-order chi connectivity index (χ1) is 12.7. The van der Waals surface area contributed by atoms with Crippen LogP contribution in [0.15, 0.2) is 47.0 Å². The highest BCUT2D eigenvalue weighted by molar-refractivity contribution is 6.55. The van der Waals surface area contributed by atoms with E-state index in [1.165, 1.54) is 36.4 Å². The van der Waals surface area contributed by atoms with Gasteiger partial charge in [-0.05, 0) is 17.7 Å². The molecule has 0 spiro atoms. The molecule has 0 heterocycles. The summed E-state index contributed by atoms with van der Waals surface area (Å²) >= 11 is 23.2. The Balaban J connectivity index is 2.04. The van der Waals surface area contributed by atoms with E-state index < -0.39 is 11.7 Å². The van der Waals surface area contributed by atoms with Gasteiger partial charge in [-0.3, -0.25) is 0 Å². The number of hydrogen-bond donors (Lipinski definition) is 0. The van der Waals surface area contributed by atoms with Crippen LogP contribution in [-0.4, -0.2) is 13.2 Å². The maximum atomic E-state index is 13.0. The number of halogens is 7. The van der Waals surface area contributed by atoms with Gasteiger partial charge in [0.25, 0.3) is 0 Å². The minimum atomic E-state index is -4.43. The Morgan fingerprint density at radius 3 is 2.22 bits per heavy atom. The van der Waals surface area contributed by atoms with Crippen LogP contribution in [0.5, 0.6) is 11.5 Å². The van der Waals surface area contributed by atoms with Crippen LogP contribution in [0.1, 0.15) is 11.1 Å². The molecule has 0 radical (unpaired) electrons. The molecule has 0 bridgehead atoms. The summed E-state index contributed by atoms with van der Waals surface area (Å²) in [7, 11) is 0. The highest BCUT2D eigenvalue weighted by Gasteiger charge is 2.32. The third-order valence-corrected chi connectivity index (χ3v) is 4.27. The van der Waals surface area contributed by atoms with E-state index in [-0.39, 0.29) is 45.5 Å². The van der Waals surface area contributed by atoms with E-state index in [1.54, 1.807) is 0 Å². The number of rotatable bonds is 7. The fourth-order valence-electron chi connectivity index (χ4n) is 2.24. The Labute approximate surface area is 174 Å². The molecule has 27 heavy (non-hydrogen) atoms. The second-order valence-corrected chi connectivity index (χ2v) is 7.10. The number of ether oxygens (including phenoxy) is 2. The van der Waals surface area contributed by atoms with Gasteiger partial charge >= 0.3 is 6.18 Å². The first kappa shape index (κ1) is 22.0. The predicted molar refractivity (Wildman–Crippen MR) is 102 cm³/mol. The van der Waals surface area contributed by atoms with Crippen molar-refractivity contribution in [2.45, 2.75) is 12.6 Å². The van der Waals surface area contributed by atoms with Crippen molar-refractivity contribution in [2.75, 3.05) is 13.2 Å². The van der Waals surface area contributed by atoms with E-state index in [2.05, 4.69) is 0 Å². The van der Waals surface area contributed by atoms with Crippen LogP contribution in [0.2, 0.25) is 10.0 Å². The first-order valence-electron chi connectivity index (χ1n) is 7.59. The van der Waals surface area contributed by atoms with Crippen molar-refractivity contribution >= 4 is 46.4 Å². The zero-order chi connectivity index (χ0) is 20.0. The van der Waals surface area contributed by atoms with E-state index in [0.717, 1.165) is 6.07 Å². The van der Waals surface area contributed by atoms with Crippen LogP contribution < -0.4 is 9.47 Å². The van der Waals surface area contributed by atoms with Crippen LogP contribution in [0.25, 0.3) is 0 Å². The van der Waals surface area contributed by atoms with Crippen LogP contribution in [0, 0.1) is 0 Å². The minimum absolute atomic E-state index is 0.0304. The first-order valence-corrected chi connectivity index (χ1v) is 9.10. The van der Waals surface area contributed by atoms with Gasteiger partial charge in [-0.2, -0.15) is 13.2 Å². The zero-order valence-electron chi connectivity index (χ0n) is 13.6. The maximum Gasteiger partial charge on any atom is 0.416 e. The fraction of sp³-hybridized carbons (Fsp3) is 0.222. The molecule has 0 fully saturated rings. The summed E-state index contributed by atoms with van der Waals surface area (Å²) in [6, 6.07) is 8.26. The predicted octanol–water partition coefficient (Wildman–Crippen LogP) is 7.33. The Kier molecular flexibility index (Phi) is 7.98. The molecule has 146 valence electrons. The summed E-state index contributed by atoms with van der Waals surface area (Å²) in [6.45, 7) is 0.0841. The van der Waals surface area contributed by atoms with Gasteiger partial charge in [0.05, 0.1) is 22.2 Å². The number of hydrogen-bond acceptors (Lipinski definition) is 2. The molecule has 0 aromatic heterocycles. The van der Waals surface area contributed by atoms with Crippen molar-refractivity contribution in [3.05, 3.63) is 68.1 Å². The molecule has 0 aliphatic rings. The van der Waals surface area contributed by atoms with E-state index in [4.69, 9.17) is 55.9 Å². The molecule has 0 aliphatic heterocycles. The third kappa shape index (κ3) is 6.68. The lowest BCUT2D eigenvalue weighted by Gasteiger charge is -2.15. The molecule has 2 aromatic rings. The average Bonchev–Trinajstić information content (AvgIpc) is 2.56. The van der Waals surface area contributed by atoms with Crippen LogP contribution in [0.3, 0.4) is 0 Å². The van der Waals surface area contributed by atoms with E-state index in [1.807, 2.05) is 0 Å². The Bertz CT molecular complexity index is 795. The molecular formula is C18H13Cl4F3O2. The standard InChI is InChI=1S/C18H13Cl4F3O2/c19-14-9-12(26-8-6-16(21)22)10-15(20)17(14)27-7-5-11-3-1-2-4-13(11)18(23,24)25/h1-4,6,9-10H,5,7-8H2. The number of benzene rings is 2. The molecule has 0 amide bonds. The molecule has 0 saturated carbocycles. The largest absolute Gasteiger partial charge is 0.490 e. The lowest BCUT2D eigenvalue weighted by molar-refractivity contribution is -0.138. The molecule has 0 atom stereocenters. The molecule has 2 rings (SSSR count). The molecule has 0 unspecified atom stereocenters. The van der Waals surface area contributed by atoms with Gasteiger partial charge < -0.3 is 9.47 Å². The zero-order valence-corrected chi connectivity index (χ0v) is 16.6. The molecule has 9 heteroatoms. The monoisotopic (exact) mass is 458 g/mol. The van der Waals surface area contributed by atoms with Gasteiger partial charge in [0.15, 0.2) is 5.75 Å². The van der Waals surface area contributed by atoms with Gasteiger partial charge in [0.2, 0.25) is 0 Å². The van der Waals surface area contributed by atoms with Crippen molar-refractivity contribution < 1.29 is 22.6 Å². The van der Waals surface area contributed by atoms with Gasteiger partial charge in [-0.15, -0.1) is 0 Å². The summed E-state index contributed by atoms with van der Waals surface area (Å²) in [5.74, 6) is 0.534. The van der Waals surface area contributed by atoms with Crippen molar-refractivity contribution in [1.82, 2.24) is 0 Å². The normalized spacial score (nSPS) is 11.2. The Morgan fingerprint density at radius 1 is 1.00 bits per heavy atom. The summed E-state index contributed by atoms with van der Waals surface area (Å²) in [6.07, 6.45) is -2.95. The van der Waals surface area contributed by atoms with Crippen LogP contribution in [0.4, 0.5) is 13.2 Å². The lowest BCUT2D eigenvalue weighted by atomic mass is 10.0. The number of alkyl halides is 3. The minimum Gasteiger partial charge on any atom is -0.490 e. The topological polar surface area (TPSA) is 18.5 Å². The summed E-state index contributed by atoms with van der Waals surface area (Å²) in [5.41, 5.74) is -0.567. The van der Waals surface area contributed by atoms with Crippen molar-refractivity contribution in [3.63, 3.8) is 0 Å². The van der Waals surface area contributed by atoms with Crippen LogP contribution in [-0.2, 0) is 12.6 Å². The van der Waals surface area contributed by atoms with Gasteiger partial charge in [0.1, 0.15) is 16.8 Å². The Morgan fingerprint density at radius 2 is 1.63 bits per heavy atom. The van der Waals surface area contributed by atoms with Crippen molar-refractivity contribution in [2.24, 2.45) is 0 Å². The van der Waals surface area contributed by atoms with Crippen molar-refractivity contribution in [1.29, 1.82) is 0 Å². The van der Waals surface area contributed by atoms with E-state index in [0.29, 0.717) is 5.75 Å². The average molecular weight is 460 g/mol. The van der Waals surface area contributed by atoms with E-state index in [9.17, 15) is 13.2 Å². The summed E-state index contributed by atoms with van der Waals surface area (Å²) in [4.78, 5) is 0. The third-order valence-electron chi connectivity index (χ3n) is 3.40. The highest BCUT2D eigenvalue weighted by atomic mass is 35.5. The molecule has 0 saturated heterocycles.